The lowest BCUT2D eigenvalue weighted by atomic mass is 10.3. The predicted molar refractivity (Wildman–Crippen MR) is 71.8 cm³/mol. The highest BCUT2D eigenvalue weighted by atomic mass is 35.5. The Balaban J connectivity index is 1.80. The third kappa shape index (κ3) is 2.29. The van der Waals surface area contributed by atoms with E-state index in [1.807, 2.05) is 6.92 Å². The van der Waals surface area contributed by atoms with E-state index in [9.17, 15) is 0 Å². The quantitative estimate of drug-likeness (QED) is 0.727. The summed E-state index contributed by atoms with van der Waals surface area (Å²) in [5.74, 6) is 2.43. The number of hydrogen-bond acceptors (Lipinski definition) is 7. The van der Waals surface area contributed by atoms with Gasteiger partial charge in [0.25, 0.3) is 5.78 Å². The van der Waals surface area contributed by atoms with Crippen molar-refractivity contribution in [2.45, 2.75) is 20.3 Å². The van der Waals surface area contributed by atoms with Crippen molar-refractivity contribution in [3.63, 3.8) is 0 Å². The monoisotopic (exact) mass is 293 g/mol. The van der Waals surface area contributed by atoms with Crippen molar-refractivity contribution in [3.05, 3.63) is 28.8 Å². The van der Waals surface area contributed by atoms with E-state index in [1.54, 1.807) is 11.4 Å². The summed E-state index contributed by atoms with van der Waals surface area (Å²) in [6.45, 7) is 4.26. The van der Waals surface area contributed by atoms with Crippen LogP contribution in [-0.2, 0) is 6.42 Å². The normalized spacial score (nSPS) is 11.2. The molecule has 0 amide bonds. The van der Waals surface area contributed by atoms with Gasteiger partial charge in [0.15, 0.2) is 5.82 Å². The van der Waals surface area contributed by atoms with Crippen LogP contribution in [0.3, 0.4) is 0 Å². The molecule has 20 heavy (non-hydrogen) atoms. The maximum atomic E-state index is 6.08. The van der Waals surface area contributed by atoms with Gasteiger partial charge in [-0.25, -0.2) is 0 Å². The zero-order chi connectivity index (χ0) is 14.1. The molecule has 3 heterocycles. The fraction of sp³-hybridized carbons (Fsp3) is 0.364. The SMILES string of the molecule is Cc1noc(CCNc2c(C)c(Cl)nc3ncnn23)n1. The summed E-state index contributed by atoms with van der Waals surface area (Å²) in [5, 5.41) is 11.5. The maximum Gasteiger partial charge on any atom is 0.255 e. The van der Waals surface area contributed by atoms with E-state index >= 15 is 0 Å². The van der Waals surface area contributed by atoms with E-state index in [0.717, 1.165) is 11.4 Å². The standard InChI is InChI=1S/C11H12ClN7O/c1-6-9(12)17-11-14-5-15-19(11)10(6)13-4-3-8-16-7(2)18-20-8/h5,13H,3-4H2,1-2H3. The van der Waals surface area contributed by atoms with Gasteiger partial charge in [-0.1, -0.05) is 16.8 Å². The number of anilines is 1. The first-order valence-corrected chi connectivity index (χ1v) is 6.42. The van der Waals surface area contributed by atoms with Crippen LogP contribution in [0.1, 0.15) is 17.3 Å². The van der Waals surface area contributed by atoms with Gasteiger partial charge in [0, 0.05) is 18.5 Å². The van der Waals surface area contributed by atoms with Crippen LogP contribution >= 0.6 is 11.6 Å². The van der Waals surface area contributed by atoms with Gasteiger partial charge in [-0.2, -0.15) is 24.6 Å². The van der Waals surface area contributed by atoms with Crippen LogP contribution in [0.25, 0.3) is 5.78 Å². The van der Waals surface area contributed by atoms with Crippen LogP contribution in [0.5, 0.6) is 0 Å². The average molecular weight is 294 g/mol. The molecule has 0 aliphatic heterocycles. The molecule has 3 aromatic rings. The molecule has 3 rings (SSSR count). The van der Waals surface area contributed by atoms with Gasteiger partial charge < -0.3 is 9.84 Å². The summed E-state index contributed by atoms with van der Waals surface area (Å²) in [6.07, 6.45) is 2.04. The highest BCUT2D eigenvalue weighted by Crippen LogP contribution is 2.21. The van der Waals surface area contributed by atoms with E-state index < -0.39 is 0 Å². The summed E-state index contributed by atoms with van der Waals surface area (Å²) in [5.41, 5.74) is 0.811. The molecule has 104 valence electrons. The summed E-state index contributed by atoms with van der Waals surface area (Å²) in [6, 6.07) is 0. The van der Waals surface area contributed by atoms with Crippen LogP contribution in [-0.4, -0.2) is 36.3 Å². The molecule has 0 saturated carbocycles. The zero-order valence-corrected chi connectivity index (χ0v) is 11.7. The summed E-state index contributed by atoms with van der Waals surface area (Å²) < 4.78 is 6.67. The Labute approximate surface area is 119 Å². The Kier molecular flexibility index (Phi) is 3.23. The largest absolute Gasteiger partial charge is 0.369 e. The summed E-state index contributed by atoms with van der Waals surface area (Å²) >= 11 is 6.08. The van der Waals surface area contributed by atoms with E-state index in [0.29, 0.717) is 35.6 Å². The molecular formula is C11H12ClN7O. The summed E-state index contributed by atoms with van der Waals surface area (Å²) in [4.78, 5) is 12.3. The van der Waals surface area contributed by atoms with Crippen LogP contribution in [0.2, 0.25) is 5.15 Å². The van der Waals surface area contributed by atoms with Crippen molar-refractivity contribution in [2.24, 2.45) is 0 Å². The van der Waals surface area contributed by atoms with Crippen molar-refractivity contribution in [1.82, 2.24) is 29.7 Å². The van der Waals surface area contributed by atoms with Gasteiger partial charge in [-0.15, -0.1) is 0 Å². The van der Waals surface area contributed by atoms with Crippen LogP contribution in [0.4, 0.5) is 5.82 Å². The molecule has 0 aromatic carbocycles. The fourth-order valence-electron chi connectivity index (χ4n) is 1.83. The molecule has 0 aliphatic rings. The van der Waals surface area contributed by atoms with Gasteiger partial charge in [-0.3, -0.25) is 0 Å². The van der Waals surface area contributed by atoms with Crippen molar-refractivity contribution < 1.29 is 4.52 Å². The second-order valence-corrected chi connectivity index (χ2v) is 4.62. The molecule has 0 aliphatic carbocycles. The lowest BCUT2D eigenvalue weighted by molar-refractivity contribution is 0.377. The number of rotatable bonds is 4. The molecule has 0 unspecified atom stereocenters. The smallest absolute Gasteiger partial charge is 0.255 e. The molecule has 0 bridgehead atoms. The Hall–Kier alpha value is -2.22. The third-order valence-corrected chi connectivity index (χ3v) is 3.17. The topological polar surface area (TPSA) is 94.0 Å². The number of nitrogens with zero attached hydrogens (tertiary/aromatic N) is 6. The lowest BCUT2D eigenvalue weighted by Gasteiger charge is -2.10. The van der Waals surface area contributed by atoms with E-state index in [1.165, 1.54) is 6.33 Å². The minimum Gasteiger partial charge on any atom is -0.369 e. The molecule has 8 nitrogen and oxygen atoms in total. The second-order valence-electron chi connectivity index (χ2n) is 4.26. The van der Waals surface area contributed by atoms with E-state index in [-0.39, 0.29) is 0 Å². The van der Waals surface area contributed by atoms with Gasteiger partial charge in [-0.05, 0) is 13.8 Å². The Bertz CT molecular complexity index is 750. The maximum absolute atomic E-state index is 6.08. The number of fused-ring (bicyclic) bond motifs is 1. The molecule has 0 spiro atoms. The lowest BCUT2D eigenvalue weighted by Crippen LogP contribution is -2.12. The number of nitrogens with one attached hydrogen (secondary N) is 1. The van der Waals surface area contributed by atoms with Gasteiger partial charge in [0.05, 0.1) is 0 Å². The Morgan fingerprint density at radius 3 is 2.95 bits per heavy atom. The van der Waals surface area contributed by atoms with Gasteiger partial charge in [0.1, 0.15) is 17.3 Å². The van der Waals surface area contributed by atoms with Crippen molar-refractivity contribution in [2.75, 3.05) is 11.9 Å². The number of aromatic nitrogens is 6. The van der Waals surface area contributed by atoms with Crippen molar-refractivity contribution >= 4 is 23.2 Å². The number of hydrogen-bond donors (Lipinski definition) is 1. The van der Waals surface area contributed by atoms with E-state index in [2.05, 4.69) is 30.5 Å². The summed E-state index contributed by atoms with van der Waals surface area (Å²) in [7, 11) is 0. The first-order valence-electron chi connectivity index (χ1n) is 6.04. The molecule has 0 saturated heterocycles. The number of halogens is 1. The fourth-order valence-corrected chi connectivity index (χ4v) is 2.00. The Morgan fingerprint density at radius 1 is 1.35 bits per heavy atom. The molecule has 0 fully saturated rings. The third-order valence-electron chi connectivity index (χ3n) is 2.81. The molecule has 0 radical (unpaired) electrons. The first kappa shape index (κ1) is 12.8. The van der Waals surface area contributed by atoms with Crippen LogP contribution < -0.4 is 5.32 Å². The second kappa shape index (κ2) is 5.04. The average Bonchev–Trinajstić information content (AvgIpc) is 3.03. The van der Waals surface area contributed by atoms with Crippen LogP contribution in [0.15, 0.2) is 10.9 Å². The highest BCUT2D eigenvalue weighted by molar-refractivity contribution is 6.30. The van der Waals surface area contributed by atoms with Crippen molar-refractivity contribution in [1.29, 1.82) is 0 Å². The van der Waals surface area contributed by atoms with Gasteiger partial charge >= 0.3 is 0 Å². The molecule has 1 N–H and O–H groups in total. The van der Waals surface area contributed by atoms with Crippen LogP contribution in [0, 0.1) is 13.8 Å². The Morgan fingerprint density at radius 2 is 2.20 bits per heavy atom. The molecular weight excluding hydrogens is 282 g/mol. The van der Waals surface area contributed by atoms with E-state index in [4.69, 9.17) is 16.1 Å². The molecule has 3 aromatic heterocycles. The minimum absolute atomic E-state index is 0.404. The molecule has 9 heteroatoms. The highest BCUT2D eigenvalue weighted by Gasteiger charge is 2.12. The number of aryl methyl sites for hydroxylation is 1. The predicted octanol–water partition coefficient (Wildman–Crippen LogP) is 1.43. The molecule has 0 atom stereocenters. The zero-order valence-electron chi connectivity index (χ0n) is 11.0. The minimum atomic E-state index is 0.404. The van der Waals surface area contributed by atoms with Crippen molar-refractivity contribution in [3.8, 4) is 0 Å². The van der Waals surface area contributed by atoms with Gasteiger partial charge in [0.2, 0.25) is 5.89 Å². The first-order chi connectivity index (χ1) is 9.65.